The van der Waals surface area contributed by atoms with Crippen LogP contribution in [0.25, 0.3) is 21.7 Å². The second-order valence-corrected chi connectivity index (χ2v) is 5.19. The molecule has 0 aliphatic carbocycles. The van der Waals surface area contributed by atoms with E-state index in [-0.39, 0.29) is 0 Å². The number of fused-ring (bicyclic) bond motifs is 2. The lowest BCUT2D eigenvalue weighted by molar-refractivity contribution is 1.36. The molecule has 4 aromatic rings. The van der Waals surface area contributed by atoms with Gasteiger partial charge < -0.3 is 4.98 Å². The number of nitrogens with zero attached hydrogens (tertiary/aromatic N) is 1. The number of aromatic nitrogens is 1. The van der Waals surface area contributed by atoms with Gasteiger partial charge in [0.25, 0.3) is 0 Å². The maximum atomic E-state index is 4.39. The van der Waals surface area contributed by atoms with Gasteiger partial charge in [-0.3, -0.25) is 5.43 Å². The Morgan fingerprint density at radius 3 is 2.55 bits per heavy atom. The lowest BCUT2D eigenvalue weighted by Crippen LogP contribution is -1.91. The molecule has 0 aliphatic rings. The van der Waals surface area contributed by atoms with E-state index < -0.39 is 0 Å². The van der Waals surface area contributed by atoms with Crippen LogP contribution in [0.4, 0.5) is 5.69 Å². The number of anilines is 1. The molecule has 0 aliphatic heterocycles. The average Bonchev–Trinajstić information content (AvgIpc) is 2.99. The molecule has 1 heterocycles. The summed E-state index contributed by atoms with van der Waals surface area (Å²) in [5.41, 5.74) is 6.35. The molecule has 0 fully saturated rings. The Kier molecular flexibility index (Phi) is 3.09. The van der Waals surface area contributed by atoms with E-state index in [4.69, 9.17) is 0 Å². The van der Waals surface area contributed by atoms with E-state index in [0.29, 0.717) is 0 Å². The number of hydrogen-bond acceptors (Lipinski definition) is 2. The van der Waals surface area contributed by atoms with E-state index in [1.807, 2.05) is 48.8 Å². The number of hydrazone groups is 1. The van der Waals surface area contributed by atoms with E-state index in [9.17, 15) is 0 Å². The van der Waals surface area contributed by atoms with Crippen molar-refractivity contribution in [3.05, 3.63) is 78.5 Å². The third-order valence-corrected chi connectivity index (χ3v) is 3.80. The highest BCUT2D eigenvalue weighted by molar-refractivity contribution is 5.99. The minimum Gasteiger partial charge on any atom is -0.361 e. The van der Waals surface area contributed by atoms with Gasteiger partial charge in [0.05, 0.1) is 11.9 Å². The first kappa shape index (κ1) is 12.7. The van der Waals surface area contributed by atoms with Gasteiger partial charge in [-0.2, -0.15) is 5.10 Å². The van der Waals surface area contributed by atoms with Crippen molar-refractivity contribution < 1.29 is 0 Å². The SMILES string of the molecule is C(=N\Nc1cccc2ccccc12)/c1c[nH]c2ccccc12. The van der Waals surface area contributed by atoms with Crippen LogP contribution in [0.1, 0.15) is 5.56 Å². The molecule has 1 aromatic heterocycles. The van der Waals surface area contributed by atoms with Gasteiger partial charge in [0.15, 0.2) is 0 Å². The quantitative estimate of drug-likeness (QED) is 0.413. The molecule has 0 saturated heterocycles. The van der Waals surface area contributed by atoms with Crippen molar-refractivity contribution in [2.75, 3.05) is 5.43 Å². The third kappa shape index (κ3) is 2.23. The molecular weight excluding hydrogens is 270 g/mol. The Bertz CT molecular complexity index is 961. The number of rotatable bonds is 3. The number of benzene rings is 3. The molecule has 3 heteroatoms. The number of para-hydroxylation sites is 1. The highest BCUT2D eigenvalue weighted by Gasteiger charge is 2.00. The molecule has 106 valence electrons. The van der Waals surface area contributed by atoms with Crippen LogP contribution in [0.2, 0.25) is 0 Å². The molecule has 3 nitrogen and oxygen atoms in total. The first-order chi connectivity index (χ1) is 10.9. The van der Waals surface area contributed by atoms with E-state index in [2.05, 4.69) is 45.8 Å². The van der Waals surface area contributed by atoms with Crippen LogP contribution in [0.15, 0.2) is 78.0 Å². The van der Waals surface area contributed by atoms with Crippen molar-refractivity contribution in [2.45, 2.75) is 0 Å². The van der Waals surface area contributed by atoms with Crippen molar-refractivity contribution in [1.29, 1.82) is 0 Å². The average molecular weight is 285 g/mol. The Balaban J connectivity index is 1.64. The first-order valence-electron chi connectivity index (χ1n) is 7.25. The Hall–Kier alpha value is -3.07. The normalized spacial score (nSPS) is 11.5. The summed E-state index contributed by atoms with van der Waals surface area (Å²) in [5.74, 6) is 0. The predicted molar refractivity (Wildman–Crippen MR) is 93.5 cm³/mol. The van der Waals surface area contributed by atoms with Crippen molar-refractivity contribution in [3.8, 4) is 0 Å². The fraction of sp³-hybridized carbons (Fsp3) is 0. The van der Waals surface area contributed by atoms with Gasteiger partial charge in [0.2, 0.25) is 0 Å². The van der Waals surface area contributed by atoms with Crippen LogP contribution in [-0.4, -0.2) is 11.2 Å². The summed E-state index contributed by atoms with van der Waals surface area (Å²) < 4.78 is 0. The second kappa shape index (κ2) is 5.37. The molecule has 0 spiro atoms. The summed E-state index contributed by atoms with van der Waals surface area (Å²) in [5, 5.41) is 7.93. The van der Waals surface area contributed by atoms with E-state index in [0.717, 1.165) is 16.8 Å². The summed E-state index contributed by atoms with van der Waals surface area (Å²) >= 11 is 0. The zero-order valence-corrected chi connectivity index (χ0v) is 12.0. The summed E-state index contributed by atoms with van der Waals surface area (Å²) in [7, 11) is 0. The van der Waals surface area contributed by atoms with Gasteiger partial charge in [-0.15, -0.1) is 0 Å². The summed E-state index contributed by atoms with van der Waals surface area (Å²) in [4.78, 5) is 3.25. The van der Waals surface area contributed by atoms with Crippen molar-refractivity contribution in [2.24, 2.45) is 5.10 Å². The van der Waals surface area contributed by atoms with Gasteiger partial charge >= 0.3 is 0 Å². The maximum absolute atomic E-state index is 4.39. The van der Waals surface area contributed by atoms with Crippen LogP contribution in [0.5, 0.6) is 0 Å². The second-order valence-electron chi connectivity index (χ2n) is 5.19. The lowest BCUT2D eigenvalue weighted by Gasteiger charge is -2.04. The Labute approximate surface area is 128 Å². The zero-order valence-electron chi connectivity index (χ0n) is 12.0. The van der Waals surface area contributed by atoms with Crippen molar-refractivity contribution in [3.63, 3.8) is 0 Å². The molecule has 4 rings (SSSR count). The molecule has 0 amide bonds. The molecule has 3 aromatic carbocycles. The molecule has 0 bridgehead atoms. The summed E-state index contributed by atoms with van der Waals surface area (Å²) in [6.45, 7) is 0. The first-order valence-corrected chi connectivity index (χ1v) is 7.25. The predicted octanol–water partition coefficient (Wildman–Crippen LogP) is 4.77. The highest BCUT2D eigenvalue weighted by Crippen LogP contribution is 2.23. The van der Waals surface area contributed by atoms with Gasteiger partial charge in [0, 0.05) is 28.0 Å². The van der Waals surface area contributed by atoms with Gasteiger partial charge in [-0.1, -0.05) is 54.6 Å². The van der Waals surface area contributed by atoms with Gasteiger partial charge in [-0.05, 0) is 17.5 Å². The minimum absolute atomic E-state index is 1.01. The topological polar surface area (TPSA) is 40.2 Å². The van der Waals surface area contributed by atoms with Crippen molar-refractivity contribution in [1.82, 2.24) is 4.98 Å². The Morgan fingerprint density at radius 1 is 0.818 bits per heavy atom. The van der Waals surface area contributed by atoms with Gasteiger partial charge in [0.1, 0.15) is 0 Å². The molecule has 0 radical (unpaired) electrons. The number of hydrogen-bond donors (Lipinski definition) is 2. The lowest BCUT2D eigenvalue weighted by atomic mass is 10.1. The smallest absolute Gasteiger partial charge is 0.0640 e. The molecule has 0 atom stereocenters. The summed E-state index contributed by atoms with van der Waals surface area (Å²) in [6.07, 6.45) is 3.82. The largest absolute Gasteiger partial charge is 0.361 e. The maximum Gasteiger partial charge on any atom is 0.0640 e. The Morgan fingerprint density at radius 2 is 1.59 bits per heavy atom. The number of H-pyrrole nitrogens is 1. The van der Waals surface area contributed by atoms with E-state index in [1.165, 1.54) is 16.2 Å². The van der Waals surface area contributed by atoms with Crippen molar-refractivity contribution >= 4 is 33.6 Å². The van der Waals surface area contributed by atoms with Crippen LogP contribution in [-0.2, 0) is 0 Å². The number of aromatic amines is 1. The molecule has 0 unspecified atom stereocenters. The van der Waals surface area contributed by atoms with Crippen LogP contribution in [0, 0.1) is 0 Å². The zero-order chi connectivity index (χ0) is 14.8. The molecule has 0 saturated carbocycles. The minimum atomic E-state index is 1.01. The molecule has 2 N–H and O–H groups in total. The molecular formula is C19H15N3. The molecule has 22 heavy (non-hydrogen) atoms. The van der Waals surface area contributed by atoms with Gasteiger partial charge in [-0.25, -0.2) is 0 Å². The van der Waals surface area contributed by atoms with Crippen LogP contribution in [0.3, 0.4) is 0 Å². The summed E-state index contributed by atoms with van der Waals surface area (Å²) in [6, 6.07) is 22.7. The van der Waals surface area contributed by atoms with Crippen LogP contribution < -0.4 is 5.43 Å². The fourth-order valence-corrected chi connectivity index (χ4v) is 2.70. The monoisotopic (exact) mass is 285 g/mol. The fourth-order valence-electron chi connectivity index (χ4n) is 2.70. The number of nitrogens with one attached hydrogen (secondary N) is 2. The third-order valence-electron chi connectivity index (χ3n) is 3.80. The van der Waals surface area contributed by atoms with Crippen LogP contribution >= 0.6 is 0 Å². The highest BCUT2D eigenvalue weighted by atomic mass is 15.3. The van der Waals surface area contributed by atoms with E-state index in [1.54, 1.807) is 0 Å². The standard InChI is InChI=1S/C19H15N3/c1-2-8-16-14(6-1)7-5-11-19(16)22-21-13-15-12-20-18-10-4-3-9-17(15)18/h1-13,20,22H/b21-13+. The van der Waals surface area contributed by atoms with E-state index >= 15 is 0 Å².